The maximum atomic E-state index is 14.4. The van der Waals surface area contributed by atoms with Crippen molar-refractivity contribution in [1.82, 2.24) is 10.2 Å². The van der Waals surface area contributed by atoms with Crippen molar-refractivity contribution < 1.29 is 22.4 Å². The van der Waals surface area contributed by atoms with Gasteiger partial charge in [0.15, 0.2) is 0 Å². The largest absolute Gasteiger partial charge is 0.352 e. The van der Waals surface area contributed by atoms with Crippen LogP contribution in [-0.4, -0.2) is 50.0 Å². The molecular formula is C30H35BrFN3O4S. The summed E-state index contributed by atoms with van der Waals surface area (Å²) in [6, 6.07) is 21.7. The lowest BCUT2D eigenvalue weighted by atomic mass is 10.0. The van der Waals surface area contributed by atoms with E-state index in [1.807, 2.05) is 68.4 Å². The smallest absolute Gasteiger partial charge is 0.243 e. The van der Waals surface area contributed by atoms with E-state index in [-0.39, 0.29) is 49.5 Å². The molecule has 1 atom stereocenters. The third-order valence-corrected chi connectivity index (χ3v) is 7.89. The molecule has 0 radical (unpaired) electrons. The van der Waals surface area contributed by atoms with Gasteiger partial charge in [-0.2, -0.15) is 0 Å². The molecule has 0 saturated carbocycles. The lowest BCUT2D eigenvalue weighted by molar-refractivity contribution is -0.141. The summed E-state index contributed by atoms with van der Waals surface area (Å²) in [5, 5.41) is 2.95. The second kappa shape index (κ2) is 14.4. The minimum Gasteiger partial charge on any atom is -0.352 e. The van der Waals surface area contributed by atoms with Gasteiger partial charge < -0.3 is 10.2 Å². The van der Waals surface area contributed by atoms with Crippen LogP contribution in [0.1, 0.15) is 37.8 Å². The molecule has 2 amide bonds. The Hall–Kier alpha value is -3.24. The Morgan fingerprint density at radius 2 is 1.60 bits per heavy atom. The molecule has 0 bridgehead atoms. The van der Waals surface area contributed by atoms with Crippen molar-refractivity contribution in [3.63, 3.8) is 0 Å². The fourth-order valence-electron chi connectivity index (χ4n) is 4.40. The van der Waals surface area contributed by atoms with E-state index in [1.54, 1.807) is 11.0 Å². The molecule has 1 N–H and O–H groups in total. The van der Waals surface area contributed by atoms with Gasteiger partial charge in [-0.05, 0) is 55.7 Å². The van der Waals surface area contributed by atoms with Gasteiger partial charge >= 0.3 is 0 Å². The van der Waals surface area contributed by atoms with E-state index in [4.69, 9.17) is 0 Å². The van der Waals surface area contributed by atoms with Gasteiger partial charge in [0.05, 0.1) is 11.9 Å². The quantitative estimate of drug-likeness (QED) is 0.277. The van der Waals surface area contributed by atoms with Crippen molar-refractivity contribution in [3.8, 4) is 0 Å². The first-order valence-corrected chi connectivity index (χ1v) is 15.7. The molecule has 0 saturated heterocycles. The second-order valence-electron chi connectivity index (χ2n) is 9.91. The summed E-state index contributed by atoms with van der Waals surface area (Å²) in [5.41, 5.74) is 1.67. The second-order valence-corrected chi connectivity index (χ2v) is 12.7. The zero-order valence-corrected chi connectivity index (χ0v) is 25.3. The summed E-state index contributed by atoms with van der Waals surface area (Å²) in [6.45, 7) is 3.82. The average molecular weight is 633 g/mol. The molecule has 214 valence electrons. The zero-order valence-electron chi connectivity index (χ0n) is 22.9. The summed E-state index contributed by atoms with van der Waals surface area (Å²) in [4.78, 5) is 28.8. The maximum absolute atomic E-state index is 14.4. The Morgan fingerprint density at radius 3 is 2.23 bits per heavy atom. The molecular weight excluding hydrogens is 597 g/mol. The van der Waals surface area contributed by atoms with Crippen LogP contribution in [0, 0.1) is 5.82 Å². The molecule has 1 unspecified atom stereocenters. The zero-order chi connectivity index (χ0) is 29.3. The normalized spacial score (nSPS) is 12.2. The first kappa shape index (κ1) is 31.3. The van der Waals surface area contributed by atoms with Crippen LogP contribution in [0.25, 0.3) is 0 Å². The Balaban J connectivity index is 1.89. The van der Waals surface area contributed by atoms with Crippen molar-refractivity contribution in [3.05, 3.63) is 100 Å². The van der Waals surface area contributed by atoms with E-state index < -0.39 is 21.9 Å². The lowest BCUT2D eigenvalue weighted by Gasteiger charge is -2.32. The minimum atomic E-state index is -3.80. The van der Waals surface area contributed by atoms with E-state index in [0.717, 1.165) is 26.2 Å². The third-order valence-electron chi connectivity index (χ3n) is 6.22. The first-order chi connectivity index (χ1) is 19.0. The minimum absolute atomic E-state index is 0.0330. The van der Waals surface area contributed by atoms with Crippen molar-refractivity contribution in [2.45, 2.75) is 51.7 Å². The number of rotatable bonds is 13. The number of nitrogens with one attached hydrogen (secondary N) is 1. The molecule has 10 heteroatoms. The highest BCUT2D eigenvalue weighted by Crippen LogP contribution is 2.23. The summed E-state index contributed by atoms with van der Waals surface area (Å²) in [6.07, 6.45) is 1.42. The number of carbonyl (C=O) groups is 2. The number of sulfonamides is 1. The molecule has 0 aliphatic heterocycles. The van der Waals surface area contributed by atoms with E-state index in [1.165, 1.54) is 18.2 Å². The summed E-state index contributed by atoms with van der Waals surface area (Å²) in [7, 11) is -3.80. The van der Waals surface area contributed by atoms with Crippen molar-refractivity contribution in [2.24, 2.45) is 0 Å². The number of benzene rings is 3. The Morgan fingerprint density at radius 1 is 0.950 bits per heavy atom. The number of halogens is 2. The van der Waals surface area contributed by atoms with Crippen LogP contribution in [0.2, 0.25) is 0 Å². The van der Waals surface area contributed by atoms with Gasteiger partial charge in [0, 0.05) is 36.4 Å². The van der Waals surface area contributed by atoms with Crippen molar-refractivity contribution in [1.29, 1.82) is 0 Å². The van der Waals surface area contributed by atoms with E-state index >= 15 is 0 Å². The molecule has 0 spiro atoms. The van der Waals surface area contributed by atoms with Gasteiger partial charge in [0.25, 0.3) is 0 Å². The molecule has 3 aromatic carbocycles. The van der Waals surface area contributed by atoms with Crippen molar-refractivity contribution in [2.75, 3.05) is 17.1 Å². The fourth-order valence-corrected chi connectivity index (χ4v) is 5.82. The van der Waals surface area contributed by atoms with E-state index in [2.05, 4.69) is 21.2 Å². The number of hydrogen-bond acceptors (Lipinski definition) is 4. The molecule has 0 aromatic heterocycles. The summed E-state index contributed by atoms with van der Waals surface area (Å²) in [5.74, 6) is -1.24. The Labute approximate surface area is 244 Å². The van der Waals surface area contributed by atoms with Gasteiger partial charge in [-0.1, -0.05) is 70.5 Å². The molecule has 0 aliphatic rings. The molecule has 0 fully saturated rings. The number of hydrogen-bond donors (Lipinski definition) is 1. The third kappa shape index (κ3) is 9.16. The summed E-state index contributed by atoms with van der Waals surface area (Å²) >= 11 is 3.47. The molecule has 3 aromatic rings. The Kier molecular flexibility index (Phi) is 11.3. The molecule has 0 heterocycles. The highest BCUT2D eigenvalue weighted by Gasteiger charge is 2.31. The molecule has 7 nitrogen and oxygen atoms in total. The predicted molar refractivity (Wildman–Crippen MR) is 160 cm³/mol. The fraction of sp³-hybridized carbons (Fsp3) is 0.333. The number of nitrogens with zero attached hydrogens (tertiary/aromatic N) is 2. The number of anilines is 1. The van der Waals surface area contributed by atoms with Crippen LogP contribution >= 0.6 is 15.9 Å². The Bertz CT molecular complexity index is 1400. The van der Waals surface area contributed by atoms with Crippen molar-refractivity contribution >= 4 is 43.5 Å². The number of amides is 2. The highest BCUT2D eigenvalue weighted by atomic mass is 79.9. The van der Waals surface area contributed by atoms with Gasteiger partial charge in [-0.3, -0.25) is 13.9 Å². The molecule has 0 aliphatic carbocycles. The average Bonchev–Trinajstić information content (AvgIpc) is 2.88. The van der Waals surface area contributed by atoms with Crippen LogP contribution < -0.4 is 9.62 Å². The monoisotopic (exact) mass is 631 g/mol. The van der Waals surface area contributed by atoms with Crippen LogP contribution in [0.15, 0.2) is 83.3 Å². The first-order valence-electron chi connectivity index (χ1n) is 13.1. The number of carbonyl (C=O) groups excluding carboxylic acids is 2. The van der Waals surface area contributed by atoms with Crippen LogP contribution in [0.3, 0.4) is 0 Å². The predicted octanol–water partition coefficient (Wildman–Crippen LogP) is 5.30. The van der Waals surface area contributed by atoms with Crippen LogP contribution in [0.5, 0.6) is 0 Å². The van der Waals surface area contributed by atoms with E-state index in [9.17, 15) is 22.4 Å². The lowest BCUT2D eigenvalue weighted by Crippen LogP contribution is -2.51. The standard InChI is InChI=1S/C30H35BrFN3O4S/c1-22(2)33-30(37)28(20-23-11-5-4-6-12-23)34(21-24-13-9-14-25(31)19-24)29(36)17-10-18-35(40(3,38)39)27-16-8-7-15-26(27)32/h4-9,11-16,19,22,28H,10,17-18,20-21H2,1-3H3,(H,33,37). The summed E-state index contributed by atoms with van der Waals surface area (Å²) < 4.78 is 41.2. The molecule has 3 rings (SSSR count). The SMILES string of the molecule is CC(C)NC(=O)C(Cc1ccccc1)N(Cc1cccc(Br)c1)C(=O)CCCN(c1ccccc1F)S(C)(=O)=O. The van der Waals surface area contributed by atoms with Gasteiger partial charge in [-0.25, -0.2) is 12.8 Å². The van der Waals surface area contributed by atoms with Gasteiger partial charge in [-0.15, -0.1) is 0 Å². The van der Waals surface area contributed by atoms with Crippen LogP contribution in [-0.2, 0) is 32.6 Å². The highest BCUT2D eigenvalue weighted by molar-refractivity contribution is 9.10. The van der Waals surface area contributed by atoms with Gasteiger partial charge in [0.1, 0.15) is 11.9 Å². The molecule has 40 heavy (non-hydrogen) atoms. The number of para-hydroxylation sites is 1. The topological polar surface area (TPSA) is 86.8 Å². The van der Waals surface area contributed by atoms with E-state index in [0.29, 0.717) is 6.42 Å². The van der Waals surface area contributed by atoms with Crippen LogP contribution in [0.4, 0.5) is 10.1 Å². The van der Waals surface area contributed by atoms with Gasteiger partial charge in [0.2, 0.25) is 21.8 Å². The maximum Gasteiger partial charge on any atom is 0.243 e.